The lowest BCUT2D eigenvalue weighted by molar-refractivity contribution is -0.123. The zero-order chi connectivity index (χ0) is 17.5. The third kappa shape index (κ3) is 4.07. The van der Waals surface area contributed by atoms with Crippen LogP contribution in [0.1, 0.15) is 59.3 Å². The van der Waals surface area contributed by atoms with Crippen LogP contribution in [0.15, 0.2) is 0 Å². The van der Waals surface area contributed by atoms with Crippen LogP contribution in [0.3, 0.4) is 0 Å². The minimum Gasteiger partial charge on any atom is -0.417 e. The van der Waals surface area contributed by atoms with Crippen molar-refractivity contribution >= 4 is 23.9 Å². The Morgan fingerprint density at radius 2 is 1.65 bits per heavy atom. The molecule has 23 heavy (non-hydrogen) atoms. The Morgan fingerprint density at radius 1 is 1.13 bits per heavy atom. The van der Waals surface area contributed by atoms with E-state index >= 15 is 0 Å². The topological polar surface area (TPSA) is 60.4 Å². The number of rotatable bonds is 6. The summed E-state index contributed by atoms with van der Waals surface area (Å²) in [5.74, 6) is 0.208. The van der Waals surface area contributed by atoms with E-state index in [1.807, 2.05) is 0 Å². The van der Waals surface area contributed by atoms with E-state index in [0.29, 0.717) is 25.9 Å². The van der Waals surface area contributed by atoms with Gasteiger partial charge in [0.2, 0.25) is 0 Å². The van der Waals surface area contributed by atoms with Crippen molar-refractivity contribution in [2.45, 2.75) is 87.9 Å². The lowest BCUT2D eigenvalue weighted by Gasteiger charge is -2.36. The van der Waals surface area contributed by atoms with Crippen molar-refractivity contribution in [1.82, 2.24) is 0 Å². The number of ketones is 1. The molecule has 4 nitrogen and oxygen atoms in total. The Hall–Kier alpha value is -0.203. The Kier molecular flexibility index (Phi) is 5.49. The lowest BCUT2D eigenvalue weighted by atomic mass is 9.92. The van der Waals surface area contributed by atoms with Gasteiger partial charge in [-0.3, -0.25) is 4.79 Å². The van der Waals surface area contributed by atoms with Crippen LogP contribution in [0.25, 0.3) is 0 Å². The highest BCUT2D eigenvalue weighted by Gasteiger charge is 2.48. The first-order valence-electron chi connectivity index (χ1n) is 8.84. The first-order chi connectivity index (χ1) is 10.4. The first kappa shape index (κ1) is 19.1. The van der Waals surface area contributed by atoms with Gasteiger partial charge in [-0.05, 0) is 50.2 Å². The summed E-state index contributed by atoms with van der Waals surface area (Å²) in [4.78, 5) is 12.4. The molecule has 0 aromatic heterocycles. The number of carbonyl (C=O) groups is 1. The molecule has 134 valence electrons. The third-order valence-corrected chi connectivity index (χ3v) is 13.4. The molecule has 2 aliphatic heterocycles. The molecular formula is C17H32O4SSi. The van der Waals surface area contributed by atoms with Crippen molar-refractivity contribution in [3.8, 4) is 0 Å². The number of carbonyl (C=O) groups excluding carboxylic acids is 1. The van der Waals surface area contributed by atoms with Crippen LogP contribution in [0, 0.1) is 5.92 Å². The molecule has 2 unspecified atom stereocenters. The predicted octanol–water partition coefficient (Wildman–Crippen LogP) is 3.71. The Bertz CT molecular complexity index is 527. The summed E-state index contributed by atoms with van der Waals surface area (Å²) >= 11 is 0. The molecule has 2 saturated heterocycles. The SMILES string of the molecule is CC(C)(C)[Si](C)(C)OCCCC(=O)C1CC2CCC(C1)S2(=O)=O. The van der Waals surface area contributed by atoms with Gasteiger partial charge in [0.1, 0.15) is 5.78 Å². The van der Waals surface area contributed by atoms with E-state index in [4.69, 9.17) is 4.43 Å². The van der Waals surface area contributed by atoms with Crippen molar-refractivity contribution in [3.05, 3.63) is 0 Å². The maximum atomic E-state index is 12.4. The molecule has 2 rings (SSSR count). The molecule has 0 radical (unpaired) electrons. The summed E-state index contributed by atoms with van der Waals surface area (Å²) in [5.41, 5.74) is 0. The van der Waals surface area contributed by atoms with E-state index in [9.17, 15) is 13.2 Å². The fourth-order valence-corrected chi connectivity index (χ4v) is 7.03. The Balaban J connectivity index is 1.77. The second-order valence-electron chi connectivity index (χ2n) is 8.76. The van der Waals surface area contributed by atoms with Gasteiger partial charge in [-0.2, -0.15) is 0 Å². The summed E-state index contributed by atoms with van der Waals surface area (Å²) in [6.45, 7) is 11.7. The van der Waals surface area contributed by atoms with Gasteiger partial charge in [0.15, 0.2) is 18.2 Å². The maximum Gasteiger partial charge on any atom is 0.191 e. The van der Waals surface area contributed by atoms with Crippen LogP contribution in [-0.2, 0) is 19.1 Å². The Labute approximate surface area is 142 Å². The number of hydrogen-bond acceptors (Lipinski definition) is 4. The van der Waals surface area contributed by atoms with E-state index in [2.05, 4.69) is 33.9 Å². The quantitative estimate of drug-likeness (QED) is 0.535. The van der Waals surface area contributed by atoms with Crippen molar-refractivity contribution in [2.24, 2.45) is 5.92 Å². The smallest absolute Gasteiger partial charge is 0.191 e. The summed E-state index contributed by atoms with van der Waals surface area (Å²) in [6.07, 6.45) is 3.90. The Morgan fingerprint density at radius 3 is 2.13 bits per heavy atom. The average Bonchev–Trinajstić information content (AvgIpc) is 2.62. The van der Waals surface area contributed by atoms with Crippen LogP contribution < -0.4 is 0 Å². The fraction of sp³-hybridized carbons (Fsp3) is 0.941. The molecular weight excluding hydrogens is 328 g/mol. The zero-order valence-electron chi connectivity index (χ0n) is 15.2. The third-order valence-electron chi connectivity index (χ3n) is 6.13. The number of Topliss-reactive ketones (excluding diaryl/α,β-unsaturated/α-hetero) is 1. The van der Waals surface area contributed by atoms with Gasteiger partial charge in [0.25, 0.3) is 0 Å². The second kappa shape index (κ2) is 6.60. The summed E-state index contributed by atoms with van der Waals surface area (Å²) in [6, 6.07) is 0. The zero-order valence-corrected chi connectivity index (χ0v) is 17.0. The highest BCUT2D eigenvalue weighted by molar-refractivity contribution is 7.93. The van der Waals surface area contributed by atoms with Crippen molar-refractivity contribution < 1.29 is 17.6 Å². The number of fused-ring (bicyclic) bond motifs is 2. The van der Waals surface area contributed by atoms with Crippen LogP contribution in [0.2, 0.25) is 18.1 Å². The first-order valence-corrected chi connectivity index (χ1v) is 13.4. The standard InChI is InChI=1S/C17H32O4SSi/c1-17(2,3)23(4,5)21-10-6-7-16(18)13-11-14-8-9-15(12-13)22(14,19)20/h13-15H,6-12H2,1-5H3. The highest BCUT2D eigenvalue weighted by Crippen LogP contribution is 2.42. The monoisotopic (exact) mass is 360 g/mol. The summed E-state index contributed by atoms with van der Waals surface area (Å²) in [5, 5.41) is -0.314. The molecule has 2 fully saturated rings. The maximum absolute atomic E-state index is 12.4. The molecule has 0 saturated carbocycles. The van der Waals surface area contributed by atoms with Crippen molar-refractivity contribution in [2.75, 3.05) is 6.61 Å². The average molecular weight is 361 g/mol. The van der Waals surface area contributed by atoms with Gasteiger partial charge in [-0.15, -0.1) is 0 Å². The van der Waals surface area contributed by atoms with Crippen LogP contribution in [-0.4, -0.2) is 39.6 Å². The molecule has 2 bridgehead atoms. The normalized spacial score (nSPS) is 30.4. The van der Waals surface area contributed by atoms with Gasteiger partial charge in [-0.1, -0.05) is 20.8 Å². The van der Waals surface area contributed by atoms with Gasteiger partial charge in [0.05, 0.1) is 10.5 Å². The number of hydrogen-bond donors (Lipinski definition) is 0. The van der Waals surface area contributed by atoms with E-state index in [-0.39, 0.29) is 27.2 Å². The predicted molar refractivity (Wildman–Crippen MR) is 95.8 cm³/mol. The van der Waals surface area contributed by atoms with Crippen molar-refractivity contribution in [1.29, 1.82) is 0 Å². The minimum absolute atomic E-state index is 0.0381. The van der Waals surface area contributed by atoms with E-state index in [0.717, 1.165) is 19.3 Å². The molecule has 0 aromatic carbocycles. The van der Waals surface area contributed by atoms with Gasteiger partial charge in [0, 0.05) is 18.9 Å². The van der Waals surface area contributed by atoms with Crippen LogP contribution >= 0.6 is 0 Å². The van der Waals surface area contributed by atoms with E-state index in [1.165, 1.54) is 0 Å². The molecule has 2 heterocycles. The van der Waals surface area contributed by atoms with Gasteiger partial charge >= 0.3 is 0 Å². The molecule has 2 atom stereocenters. The van der Waals surface area contributed by atoms with E-state index < -0.39 is 18.2 Å². The highest BCUT2D eigenvalue weighted by atomic mass is 32.2. The largest absolute Gasteiger partial charge is 0.417 e. The summed E-state index contributed by atoms with van der Waals surface area (Å²) in [7, 11) is -4.67. The molecule has 0 N–H and O–H groups in total. The second-order valence-corrected chi connectivity index (χ2v) is 16.1. The van der Waals surface area contributed by atoms with E-state index in [1.54, 1.807) is 0 Å². The molecule has 0 spiro atoms. The van der Waals surface area contributed by atoms with Gasteiger partial charge in [-0.25, -0.2) is 8.42 Å². The lowest BCUT2D eigenvalue weighted by Crippen LogP contribution is -2.41. The summed E-state index contributed by atoms with van der Waals surface area (Å²) < 4.78 is 30.3. The van der Waals surface area contributed by atoms with Crippen molar-refractivity contribution in [3.63, 3.8) is 0 Å². The molecule has 0 aromatic rings. The molecule has 2 aliphatic rings. The van der Waals surface area contributed by atoms with Crippen LogP contribution in [0.4, 0.5) is 0 Å². The molecule has 0 amide bonds. The van der Waals surface area contributed by atoms with Crippen LogP contribution in [0.5, 0.6) is 0 Å². The van der Waals surface area contributed by atoms with Gasteiger partial charge < -0.3 is 4.43 Å². The number of sulfone groups is 1. The fourth-order valence-electron chi connectivity index (χ4n) is 3.46. The minimum atomic E-state index is -2.93. The molecule has 0 aliphatic carbocycles. The molecule has 6 heteroatoms.